The fraction of sp³-hybridized carbons (Fsp3) is 0.304. The van der Waals surface area contributed by atoms with Crippen LogP contribution >= 0.6 is 11.3 Å². The number of benzene rings is 2. The van der Waals surface area contributed by atoms with E-state index in [0.29, 0.717) is 16.3 Å². The standard InChI is InChI=1S/C23H26N4O3S/c1-5-16(4)24-21(28)17-6-8-18(9-7-17)25-22(29)23-27-26-20(31-23)13-30-19-11-14(2)10-15(3)12-19/h6-12,16H,5,13H2,1-4H3,(H,24,28)(H,25,29)/t16-/m1/s1. The fourth-order valence-corrected chi connectivity index (χ4v) is 3.51. The molecule has 0 spiro atoms. The van der Waals surface area contributed by atoms with E-state index in [2.05, 4.69) is 26.9 Å². The Morgan fingerprint density at radius 2 is 1.71 bits per heavy atom. The van der Waals surface area contributed by atoms with E-state index in [0.717, 1.165) is 23.3 Å². The van der Waals surface area contributed by atoms with Crippen molar-refractivity contribution in [3.8, 4) is 5.75 Å². The van der Waals surface area contributed by atoms with Gasteiger partial charge in [0.25, 0.3) is 11.8 Å². The van der Waals surface area contributed by atoms with Crippen LogP contribution in [-0.4, -0.2) is 28.1 Å². The molecule has 0 radical (unpaired) electrons. The van der Waals surface area contributed by atoms with Gasteiger partial charge in [-0.1, -0.05) is 24.3 Å². The zero-order chi connectivity index (χ0) is 22.4. The Morgan fingerprint density at radius 1 is 1.03 bits per heavy atom. The molecule has 0 saturated carbocycles. The van der Waals surface area contributed by atoms with Crippen molar-refractivity contribution in [3.05, 3.63) is 69.2 Å². The van der Waals surface area contributed by atoms with Crippen LogP contribution in [0.1, 0.15) is 56.6 Å². The Labute approximate surface area is 185 Å². The summed E-state index contributed by atoms with van der Waals surface area (Å²) in [5, 5.41) is 14.5. The summed E-state index contributed by atoms with van der Waals surface area (Å²) in [5.74, 6) is 0.271. The number of hydrogen-bond donors (Lipinski definition) is 2. The summed E-state index contributed by atoms with van der Waals surface area (Å²) in [6.45, 7) is 8.23. The molecule has 2 aromatic carbocycles. The predicted molar refractivity (Wildman–Crippen MR) is 122 cm³/mol. The summed E-state index contributed by atoms with van der Waals surface area (Å²) in [4.78, 5) is 24.6. The summed E-state index contributed by atoms with van der Waals surface area (Å²) in [5.41, 5.74) is 3.36. The molecular formula is C23H26N4O3S. The summed E-state index contributed by atoms with van der Waals surface area (Å²) in [6, 6.07) is 12.8. The number of nitrogens with zero attached hydrogens (tertiary/aromatic N) is 2. The van der Waals surface area contributed by atoms with Gasteiger partial charge in [0, 0.05) is 17.3 Å². The van der Waals surface area contributed by atoms with E-state index in [1.165, 1.54) is 11.3 Å². The third-order valence-electron chi connectivity index (χ3n) is 4.61. The average Bonchev–Trinajstić information content (AvgIpc) is 3.21. The summed E-state index contributed by atoms with van der Waals surface area (Å²) < 4.78 is 5.77. The highest BCUT2D eigenvalue weighted by molar-refractivity contribution is 7.13. The van der Waals surface area contributed by atoms with E-state index in [4.69, 9.17) is 4.74 Å². The van der Waals surface area contributed by atoms with E-state index in [1.807, 2.05) is 39.8 Å². The van der Waals surface area contributed by atoms with E-state index in [-0.39, 0.29) is 29.5 Å². The molecule has 3 aromatic rings. The lowest BCUT2D eigenvalue weighted by atomic mass is 10.1. The van der Waals surface area contributed by atoms with Gasteiger partial charge in [0.2, 0.25) is 5.01 Å². The van der Waals surface area contributed by atoms with Crippen LogP contribution in [0.3, 0.4) is 0 Å². The number of carbonyl (C=O) groups is 2. The normalized spacial score (nSPS) is 11.6. The topological polar surface area (TPSA) is 93.2 Å². The molecule has 3 rings (SSSR count). The maximum Gasteiger partial charge on any atom is 0.286 e. The summed E-state index contributed by atoms with van der Waals surface area (Å²) >= 11 is 1.18. The third kappa shape index (κ3) is 6.36. The Balaban J connectivity index is 1.56. The van der Waals surface area contributed by atoms with Crippen molar-refractivity contribution < 1.29 is 14.3 Å². The summed E-state index contributed by atoms with van der Waals surface area (Å²) in [7, 11) is 0. The van der Waals surface area contributed by atoms with E-state index < -0.39 is 0 Å². The first-order valence-electron chi connectivity index (χ1n) is 10.1. The molecule has 0 fully saturated rings. The van der Waals surface area contributed by atoms with Gasteiger partial charge in [0.05, 0.1) is 0 Å². The monoisotopic (exact) mass is 438 g/mol. The zero-order valence-corrected chi connectivity index (χ0v) is 18.9. The molecule has 0 unspecified atom stereocenters. The minimum atomic E-state index is -0.355. The van der Waals surface area contributed by atoms with E-state index in [1.54, 1.807) is 24.3 Å². The number of aryl methyl sites for hydroxylation is 2. The first-order chi connectivity index (χ1) is 14.8. The van der Waals surface area contributed by atoms with Gasteiger partial charge in [-0.25, -0.2) is 0 Å². The Morgan fingerprint density at radius 3 is 2.35 bits per heavy atom. The molecule has 8 heteroatoms. The van der Waals surface area contributed by atoms with Gasteiger partial charge < -0.3 is 15.4 Å². The van der Waals surface area contributed by atoms with Crippen LogP contribution in [0.2, 0.25) is 0 Å². The molecule has 2 N–H and O–H groups in total. The van der Waals surface area contributed by atoms with Crippen molar-refractivity contribution in [1.82, 2.24) is 15.5 Å². The highest BCUT2D eigenvalue weighted by Gasteiger charge is 2.14. The van der Waals surface area contributed by atoms with E-state index >= 15 is 0 Å². The van der Waals surface area contributed by atoms with Gasteiger partial charge in [-0.15, -0.1) is 10.2 Å². The molecule has 0 aliphatic carbocycles. The smallest absolute Gasteiger partial charge is 0.286 e. The Hall–Kier alpha value is -3.26. The van der Waals surface area contributed by atoms with Gasteiger partial charge in [0.1, 0.15) is 12.4 Å². The first-order valence-corrected chi connectivity index (χ1v) is 10.9. The van der Waals surface area contributed by atoms with Crippen LogP contribution in [0.25, 0.3) is 0 Å². The van der Waals surface area contributed by atoms with Crippen LogP contribution < -0.4 is 15.4 Å². The maximum absolute atomic E-state index is 12.5. The average molecular weight is 439 g/mol. The first kappa shape index (κ1) is 22.4. The number of ether oxygens (including phenoxy) is 1. The number of amides is 2. The third-order valence-corrected chi connectivity index (χ3v) is 5.51. The minimum Gasteiger partial charge on any atom is -0.486 e. The number of nitrogens with one attached hydrogen (secondary N) is 2. The quantitative estimate of drug-likeness (QED) is 0.540. The van der Waals surface area contributed by atoms with Crippen molar-refractivity contribution in [1.29, 1.82) is 0 Å². The lowest BCUT2D eigenvalue weighted by Crippen LogP contribution is -2.31. The highest BCUT2D eigenvalue weighted by atomic mass is 32.1. The van der Waals surface area contributed by atoms with Crippen molar-refractivity contribution in [2.45, 2.75) is 46.8 Å². The lowest BCUT2D eigenvalue weighted by Gasteiger charge is -2.11. The molecule has 1 aromatic heterocycles. The Bertz CT molecular complexity index is 1040. The molecule has 162 valence electrons. The highest BCUT2D eigenvalue weighted by Crippen LogP contribution is 2.19. The van der Waals surface area contributed by atoms with Crippen LogP contribution in [0.4, 0.5) is 5.69 Å². The van der Waals surface area contributed by atoms with Gasteiger partial charge in [-0.3, -0.25) is 9.59 Å². The molecule has 0 aliphatic heterocycles. The second-order valence-electron chi connectivity index (χ2n) is 7.43. The minimum absolute atomic E-state index is 0.109. The number of aromatic nitrogens is 2. The number of carbonyl (C=O) groups excluding carboxylic acids is 2. The molecule has 2 amide bonds. The van der Waals surface area contributed by atoms with Crippen LogP contribution in [0, 0.1) is 13.8 Å². The largest absolute Gasteiger partial charge is 0.486 e. The maximum atomic E-state index is 12.5. The fourth-order valence-electron chi connectivity index (χ4n) is 2.86. The molecule has 0 aliphatic rings. The van der Waals surface area contributed by atoms with Gasteiger partial charge in [-0.2, -0.15) is 0 Å². The van der Waals surface area contributed by atoms with Crippen LogP contribution in [0.5, 0.6) is 5.75 Å². The number of anilines is 1. The molecule has 1 heterocycles. The molecule has 31 heavy (non-hydrogen) atoms. The van der Waals surface area contributed by atoms with Crippen molar-refractivity contribution in [2.24, 2.45) is 0 Å². The molecule has 7 nitrogen and oxygen atoms in total. The molecular weight excluding hydrogens is 412 g/mol. The number of hydrogen-bond acceptors (Lipinski definition) is 6. The molecule has 1 atom stereocenters. The second kappa shape index (κ2) is 10.2. The van der Waals surface area contributed by atoms with Gasteiger partial charge in [-0.05, 0) is 74.7 Å². The van der Waals surface area contributed by atoms with Crippen LogP contribution in [-0.2, 0) is 6.61 Å². The Kier molecular flexibility index (Phi) is 7.36. The van der Waals surface area contributed by atoms with Crippen molar-refractivity contribution in [3.63, 3.8) is 0 Å². The molecule has 0 bridgehead atoms. The lowest BCUT2D eigenvalue weighted by molar-refractivity contribution is 0.0938. The summed E-state index contributed by atoms with van der Waals surface area (Å²) in [6.07, 6.45) is 0.861. The molecule has 0 saturated heterocycles. The van der Waals surface area contributed by atoms with Gasteiger partial charge in [0.15, 0.2) is 5.01 Å². The second-order valence-corrected chi connectivity index (χ2v) is 8.49. The van der Waals surface area contributed by atoms with Crippen molar-refractivity contribution in [2.75, 3.05) is 5.32 Å². The van der Waals surface area contributed by atoms with Crippen LogP contribution in [0.15, 0.2) is 42.5 Å². The predicted octanol–water partition coefficient (Wildman–Crippen LogP) is 4.51. The number of rotatable bonds is 8. The van der Waals surface area contributed by atoms with E-state index in [9.17, 15) is 9.59 Å². The van der Waals surface area contributed by atoms with Gasteiger partial charge >= 0.3 is 0 Å². The SMILES string of the molecule is CC[C@@H](C)NC(=O)c1ccc(NC(=O)c2nnc(COc3cc(C)cc(C)c3)s2)cc1. The zero-order valence-electron chi connectivity index (χ0n) is 18.1. The van der Waals surface area contributed by atoms with Crippen molar-refractivity contribution >= 4 is 28.8 Å².